The zero-order valence-corrected chi connectivity index (χ0v) is 17.1. The van der Waals surface area contributed by atoms with Crippen LogP contribution in [0.4, 0.5) is 4.39 Å². The Hall–Kier alpha value is -3.20. The molecule has 8 heteroatoms. The van der Waals surface area contributed by atoms with Crippen molar-refractivity contribution in [3.63, 3.8) is 0 Å². The summed E-state index contributed by atoms with van der Waals surface area (Å²) in [6, 6.07) is 4.59. The fourth-order valence-corrected chi connectivity index (χ4v) is 4.04. The van der Waals surface area contributed by atoms with Crippen LogP contribution in [0, 0.1) is 12.7 Å². The molecule has 0 fully saturated rings. The topological polar surface area (TPSA) is 102 Å². The molecule has 3 aromatic rings. The Kier molecular flexibility index (Phi) is 5.53. The standard InChI is InChI=1S/C23H21FN2O5/c1-12-6-14-13(4-3-5-27)16-9-26-20(22(16)25-19(14)8-18(12)24)7-15(21(29)10-28)17(11-31-2)23(26)30/h3-4,6-8,10,21,27,29H,5,9,11H2,1-2H3/b4-3+. The van der Waals surface area contributed by atoms with Gasteiger partial charge < -0.3 is 24.3 Å². The average molecular weight is 424 g/mol. The molecule has 3 heterocycles. The van der Waals surface area contributed by atoms with Gasteiger partial charge in [-0.2, -0.15) is 0 Å². The van der Waals surface area contributed by atoms with E-state index >= 15 is 0 Å². The fraction of sp³-hybridized carbons (Fsp3) is 0.261. The molecule has 0 bridgehead atoms. The third kappa shape index (κ3) is 3.38. The van der Waals surface area contributed by atoms with Gasteiger partial charge in [0.1, 0.15) is 11.9 Å². The molecular weight excluding hydrogens is 403 g/mol. The molecule has 1 aliphatic heterocycles. The number of rotatable bonds is 6. The predicted molar refractivity (Wildman–Crippen MR) is 113 cm³/mol. The van der Waals surface area contributed by atoms with Crippen LogP contribution in [0.5, 0.6) is 0 Å². The van der Waals surface area contributed by atoms with Crippen molar-refractivity contribution in [2.45, 2.75) is 26.2 Å². The summed E-state index contributed by atoms with van der Waals surface area (Å²) in [4.78, 5) is 29.1. The first-order chi connectivity index (χ1) is 14.9. The van der Waals surface area contributed by atoms with Gasteiger partial charge in [-0.15, -0.1) is 0 Å². The number of methoxy groups -OCH3 is 1. The molecule has 7 nitrogen and oxygen atoms in total. The molecule has 160 valence electrons. The van der Waals surface area contributed by atoms with Gasteiger partial charge in [0.2, 0.25) is 0 Å². The van der Waals surface area contributed by atoms with Crippen LogP contribution in [-0.2, 0) is 22.7 Å². The highest BCUT2D eigenvalue weighted by molar-refractivity contribution is 5.93. The minimum atomic E-state index is -1.48. The van der Waals surface area contributed by atoms with Crippen molar-refractivity contribution in [3.05, 3.63) is 68.3 Å². The fourth-order valence-electron chi connectivity index (χ4n) is 4.04. The van der Waals surface area contributed by atoms with E-state index < -0.39 is 17.5 Å². The molecule has 2 aromatic heterocycles. The van der Waals surface area contributed by atoms with Crippen molar-refractivity contribution >= 4 is 23.3 Å². The second-order valence-electron chi connectivity index (χ2n) is 7.42. The quantitative estimate of drug-likeness (QED) is 0.461. The van der Waals surface area contributed by atoms with E-state index in [9.17, 15) is 24.2 Å². The van der Waals surface area contributed by atoms with E-state index in [0.29, 0.717) is 34.1 Å². The van der Waals surface area contributed by atoms with Crippen LogP contribution in [0.25, 0.3) is 28.4 Å². The van der Waals surface area contributed by atoms with E-state index in [1.807, 2.05) is 0 Å². The van der Waals surface area contributed by atoms with Crippen molar-refractivity contribution in [2.24, 2.45) is 0 Å². The van der Waals surface area contributed by atoms with Crippen LogP contribution in [0.1, 0.15) is 33.9 Å². The van der Waals surface area contributed by atoms with E-state index in [1.165, 1.54) is 17.7 Å². The third-order valence-electron chi connectivity index (χ3n) is 5.53. The molecule has 4 rings (SSSR count). The summed E-state index contributed by atoms with van der Waals surface area (Å²) in [6.07, 6.45) is 2.16. The van der Waals surface area contributed by atoms with Crippen LogP contribution < -0.4 is 5.56 Å². The average Bonchev–Trinajstić information content (AvgIpc) is 3.12. The predicted octanol–water partition coefficient (Wildman–Crippen LogP) is 2.26. The Labute approximate surface area is 177 Å². The second kappa shape index (κ2) is 8.14. The van der Waals surface area contributed by atoms with Gasteiger partial charge in [0.15, 0.2) is 6.29 Å². The lowest BCUT2D eigenvalue weighted by molar-refractivity contribution is -0.115. The van der Waals surface area contributed by atoms with E-state index in [4.69, 9.17) is 4.74 Å². The second-order valence-corrected chi connectivity index (χ2v) is 7.42. The lowest BCUT2D eigenvalue weighted by Gasteiger charge is -2.14. The maximum absolute atomic E-state index is 14.3. The van der Waals surface area contributed by atoms with Crippen molar-refractivity contribution < 1.29 is 24.1 Å². The molecule has 0 radical (unpaired) electrons. The minimum Gasteiger partial charge on any atom is -0.392 e. The molecule has 0 amide bonds. The SMILES string of the molecule is COCc1c(C(O)C=O)cc2n(c1=O)Cc1c-2nc2cc(F)c(C)cc2c1/C=C/CO. The smallest absolute Gasteiger partial charge is 0.257 e. The normalized spacial score (nSPS) is 13.6. The molecule has 1 unspecified atom stereocenters. The lowest BCUT2D eigenvalue weighted by Crippen LogP contribution is -2.26. The molecule has 1 aliphatic rings. The number of nitrogens with zero attached hydrogens (tertiary/aromatic N) is 2. The lowest BCUT2D eigenvalue weighted by atomic mass is 9.98. The van der Waals surface area contributed by atoms with Crippen LogP contribution in [0.2, 0.25) is 0 Å². The van der Waals surface area contributed by atoms with Gasteiger partial charge in [-0.3, -0.25) is 4.79 Å². The number of ether oxygens (including phenoxy) is 1. The number of aromatic nitrogens is 2. The molecular formula is C23H21FN2O5. The maximum Gasteiger partial charge on any atom is 0.257 e. The number of aliphatic hydroxyl groups is 2. The molecule has 0 saturated carbocycles. The van der Waals surface area contributed by atoms with E-state index in [2.05, 4.69) is 4.98 Å². The third-order valence-corrected chi connectivity index (χ3v) is 5.53. The first-order valence-corrected chi connectivity index (χ1v) is 9.70. The Balaban J connectivity index is 2.07. The van der Waals surface area contributed by atoms with E-state index in [-0.39, 0.29) is 30.9 Å². The summed E-state index contributed by atoms with van der Waals surface area (Å²) in [6.45, 7) is 1.62. The van der Waals surface area contributed by atoms with Gasteiger partial charge in [-0.05, 0) is 30.2 Å². The molecule has 0 aliphatic carbocycles. The summed E-state index contributed by atoms with van der Waals surface area (Å²) in [5.74, 6) is -0.403. The Bertz CT molecular complexity index is 1300. The number of aliphatic hydroxyl groups excluding tert-OH is 2. The van der Waals surface area contributed by atoms with Gasteiger partial charge in [0.25, 0.3) is 5.56 Å². The number of hydrogen-bond acceptors (Lipinski definition) is 6. The monoisotopic (exact) mass is 424 g/mol. The highest BCUT2D eigenvalue weighted by atomic mass is 19.1. The number of carbonyl (C=O) groups is 1. The summed E-state index contributed by atoms with van der Waals surface area (Å²) < 4.78 is 20.9. The van der Waals surface area contributed by atoms with Crippen LogP contribution in [-0.4, -0.2) is 39.8 Å². The van der Waals surface area contributed by atoms with Crippen molar-refractivity contribution in [3.8, 4) is 11.4 Å². The summed E-state index contributed by atoms with van der Waals surface area (Å²) in [5.41, 5.74) is 3.18. The van der Waals surface area contributed by atoms with Gasteiger partial charge in [0, 0.05) is 35.3 Å². The highest BCUT2D eigenvalue weighted by Gasteiger charge is 2.29. The number of aldehydes is 1. The maximum atomic E-state index is 14.3. The van der Waals surface area contributed by atoms with Crippen LogP contribution in [0.15, 0.2) is 29.1 Å². The number of hydrogen-bond donors (Lipinski definition) is 2. The van der Waals surface area contributed by atoms with Crippen molar-refractivity contribution in [1.29, 1.82) is 0 Å². The summed E-state index contributed by atoms with van der Waals surface area (Å²) >= 11 is 0. The number of carbonyl (C=O) groups excluding carboxylic acids is 1. The molecule has 0 saturated heterocycles. The van der Waals surface area contributed by atoms with Crippen molar-refractivity contribution in [2.75, 3.05) is 13.7 Å². The molecule has 2 N–H and O–H groups in total. The molecule has 31 heavy (non-hydrogen) atoms. The Morgan fingerprint density at radius 1 is 1.35 bits per heavy atom. The highest BCUT2D eigenvalue weighted by Crippen LogP contribution is 2.38. The zero-order valence-electron chi connectivity index (χ0n) is 17.1. The first-order valence-electron chi connectivity index (χ1n) is 9.70. The molecule has 0 spiro atoms. The van der Waals surface area contributed by atoms with Gasteiger partial charge in [-0.25, -0.2) is 9.37 Å². The molecule has 1 atom stereocenters. The largest absolute Gasteiger partial charge is 0.392 e. The number of benzene rings is 1. The number of halogens is 1. The minimum absolute atomic E-state index is 0.0627. The zero-order chi connectivity index (χ0) is 22.3. The Morgan fingerprint density at radius 3 is 2.81 bits per heavy atom. The number of aryl methyl sites for hydroxylation is 1. The Morgan fingerprint density at radius 2 is 2.13 bits per heavy atom. The summed E-state index contributed by atoms with van der Waals surface area (Å²) in [5, 5.41) is 20.2. The van der Waals surface area contributed by atoms with E-state index in [0.717, 1.165) is 11.1 Å². The van der Waals surface area contributed by atoms with Gasteiger partial charge in [0.05, 0.1) is 36.7 Å². The van der Waals surface area contributed by atoms with Crippen molar-refractivity contribution in [1.82, 2.24) is 9.55 Å². The van der Waals surface area contributed by atoms with Gasteiger partial charge in [-0.1, -0.05) is 12.2 Å². The summed E-state index contributed by atoms with van der Waals surface area (Å²) in [7, 11) is 1.42. The molecule has 1 aromatic carbocycles. The number of pyridine rings is 2. The van der Waals surface area contributed by atoms with Gasteiger partial charge >= 0.3 is 0 Å². The number of fused-ring (bicyclic) bond motifs is 4. The first kappa shape index (κ1) is 21.0. The van der Waals surface area contributed by atoms with Crippen LogP contribution >= 0.6 is 0 Å². The van der Waals surface area contributed by atoms with Crippen LogP contribution in [0.3, 0.4) is 0 Å². The van der Waals surface area contributed by atoms with E-state index in [1.54, 1.807) is 31.2 Å².